The lowest BCUT2D eigenvalue weighted by Crippen LogP contribution is -2.36. The maximum Gasteiger partial charge on any atom is 0.318 e. The molecule has 2 aromatic rings. The third kappa shape index (κ3) is 2.65. The molecule has 0 unspecified atom stereocenters. The summed E-state index contributed by atoms with van der Waals surface area (Å²) >= 11 is 0. The smallest absolute Gasteiger partial charge is 0.318 e. The average molecular weight is 274 g/mol. The summed E-state index contributed by atoms with van der Waals surface area (Å²) in [6.07, 6.45) is 1.86. The summed E-state index contributed by atoms with van der Waals surface area (Å²) in [6, 6.07) is 4.51. The lowest BCUT2D eigenvalue weighted by atomic mass is 10.1. The summed E-state index contributed by atoms with van der Waals surface area (Å²) in [7, 11) is 0. The van der Waals surface area contributed by atoms with E-state index in [1.165, 1.54) is 5.56 Å². The summed E-state index contributed by atoms with van der Waals surface area (Å²) in [5.41, 5.74) is 1.91. The molecule has 1 saturated heterocycles. The number of nitrogens with zero attached hydrogens (tertiary/aromatic N) is 4. The predicted octanol–water partition coefficient (Wildman–Crippen LogP) is 2.09. The Morgan fingerprint density at radius 2 is 1.95 bits per heavy atom. The topological polar surface area (TPSA) is 64.3 Å². The lowest BCUT2D eigenvalue weighted by Gasteiger charge is -2.24. The first-order valence-corrected chi connectivity index (χ1v) is 6.86. The van der Waals surface area contributed by atoms with Gasteiger partial charge in [0.15, 0.2) is 0 Å². The third-order valence-corrected chi connectivity index (χ3v) is 3.37. The molecule has 0 amide bonds. The van der Waals surface area contributed by atoms with Gasteiger partial charge in [0.1, 0.15) is 5.69 Å². The van der Waals surface area contributed by atoms with Gasteiger partial charge in [-0.2, -0.15) is 0 Å². The summed E-state index contributed by atoms with van der Waals surface area (Å²) < 4.78 is 11.0. The number of hydrogen-bond acceptors (Lipinski definition) is 6. The number of morpholine rings is 1. The maximum absolute atomic E-state index is 5.70. The maximum atomic E-state index is 5.70. The number of ether oxygens (including phenoxy) is 1. The van der Waals surface area contributed by atoms with Crippen molar-refractivity contribution in [3.8, 4) is 11.6 Å². The van der Waals surface area contributed by atoms with Gasteiger partial charge in [-0.15, -0.1) is 5.10 Å². The molecule has 1 aliphatic rings. The van der Waals surface area contributed by atoms with Gasteiger partial charge >= 0.3 is 6.01 Å². The van der Waals surface area contributed by atoms with Crippen LogP contribution in [-0.4, -0.2) is 41.5 Å². The summed E-state index contributed by atoms with van der Waals surface area (Å²) in [6.45, 7) is 7.22. The van der Waals surface area contributed by atoms with Crippen molar-refractivity contribution in [1.82, 2.24) is 15.2 Å². The fourth-order valence-corrected chi connectivity index (χ4v) is 2.07. The van der Waals surface area contributed by atoms with Crippen LogP contribution in [0.5, 0.6) is 0 Å². The van der Waals surface area contributed by atoms with E-state index in [1.807, 2.05) is 23.2 Å². The van der Waals surface area contributed by atoms with Gasteiger partial charge in [-0.05, 0) is 17.5 Å². The van der Waals surface area contributed by atoms with Crippen molar-refractivity contribution in [2.75, 3.05) is 31.2 Å². The van der Waals surface area contributed by atoms with Gasteiger partial charge in [0.2, 0.25) is 0 Å². The Hall–Kier alpha value is -1.95. The molecule has 6 heteroatoms. The summed E-state index contributed by atoms with van der Waals surface area (Å²) in [5, 5.41) is 8.16. The van der Waals surface area contributed by atoms with Gasteiger partial charge < -0.3 is 14.1 Å². The first-order valence-electron chi connectivity index (χ1n) is 6.86. The SMILES string of the molecule is CC(C)c1ccc(-c2nnc(N3CCOCC3)o2)nc1. The van der Waals surface area contributed by atoms with Crippen molar-refractivity contribution in [2.24, 2.45) is 0 Å². The highest BCUT2D eigenvalue weighted by Gasteiger charge is 2.18. The van der Waals surface area contributed by atoms with E-state index in [0.29, 0.717) is 36.7 Å². The number of hydrogen-bond donors (Lipinski definition) is 0. The molecule has 0 atom stereocenters. The van der Waals surface area contributed by atoms with E-state index in [0.717, 1.165) is 13.1 Å². The van der Waals surface area contributed by atoms with Crippen LogP contribution in [0.4, 0.5) is 6.01 Å². The predicted molar refractivity (Wildman–Crippen MR) is 74.7 cm³/mol. The minimum absolute atomic E-state index is 0.460. The molecule has 2 aromatic heterocycles. The van der Waals surface area contributed by atoms with Crippen LogP contribution >= 0.6 is 0 Å². The van der Waals surface area contributed by atoms with Crippen LogP contribution in [0.15, 0.2) is 22.7 Å². The first-order chi connectivity index (χ1) is 9.74. The molecule has 0 aliphatic carbocycles. The zero-order valence-corrected chi connectivity index (χ0v) is 11.7. The molecular formula is C14H18N4O2. The van der Waals surface area contributed by atoms with E-state index >= 15 is 0 Å². The van der Waals surface area contributed by atoms with Crippen molar-refractivity contribution < 1.29 is 9.15 Å². The van der Waals surface area contributed by atoms with Gasteiger partial charge in [0.05, 0.1) is 13.2 Å². The molecule has 0 radical (unpaired) electrons. The summed E-state index contributed by atoms with van der Waals surface area (Å²) in [5.74, 6) is 0.921. The van der Waals surface area contributed by atoms with Crippen LogP contribution in [0.1, 0.15) is 25.3 Å². The van der Waals surface area contributed by atoms with Gasteiger partial charge in [0.25, 0.3) is 5.89 Å². The average Bonchev–Trinajstić information content (AvgIpc) is 2.98. The van der Waals surface area contributed by atoms with Gasteiger partial charge in [-0.3, -0.25) is 4.98 Å². The first kappa shape index (κ1) is 13.1. The second-order valence-corrected chi connectivity index (χ2v) is 5.12. The normalized spacial score (nSPS) is 15.8. The van der Waals surface area contributed by atoms with Crippen LogP contribution < -0.4 is 4.90 Å². The number of anilines is 1. The Balaban J connectivity index is 1.78. The fraction of sp³-hybridized carbons (Fsp3) is 0.500. The van der Waals surface area contributed by atoms with Gasteiger partial charge in [-0.25, -0.2) is 0 Å². The lowest BCUT2D eigenvalue weighted by molar-refractivity contribution is 0.120. The highest BCUT2D eigenvalue weighted by Crippen LogP contribution is 2.22. The van der Waals surface area contributed by atoms with E-state index in [1.54, 1.807) is 0 Å². The Labute approximate surface area is 117 Å². The molecule has 0 bridgehead atoms. The molecule has 1 aliphatic heterocycles. The van der Waals surface area contributed by atoms with Crippen molar-refractivity contribution in [3.05, 3.63) is 23.9 Å². The molecule has 0 spiro atoms. The molecule has 3 heterocycles. The van der Waals surface area contributed by atoms with Crippen molar-refractivity contribution in [3.63, 3.8) is 0 Å². The molecular weight excluding hydrogens is 256 g/mol. The van der Waals surface area contributed by atoms with Crippen LogP contribution in [0.3, 0.4) is 0 Å². The van der Waals surface area contributed by atoms with E-state index in [4.69, 9.17) is 9.15 Å². The monoisotopic (exact) mass is 274 g/mol. The van der Waals surface area contributed by atoms with E-state index in [9.17, 15) is 0 Å². The van der Waals surface area contributed by atoms with Crippen LogP contribution in [0, 0.1) is 0 Å². The number of aromatic nitrogens is 3. The van der Waals surface area contributed by atoms with Crippen molar-refractivity contribution >= 4 is 6.01 Å². The zero-order valence-electron chi connectivity index (χ0n) is 11.7. The summed E-state index contributed by atoms with van der Waals surface area (Å²) in [4.78, 5) is 6.42. The third-order valence-electron chi connectivity index (χ3n) is 3.37. The highest BCUT2D eigenvalue weighted by molar-refractivity contribution is 5.48. The minimum atomic E-state index is 0.460. The minimum Gasteiger partial charge on any atom is -0.402 e. The van der Waals surface area contributed by atoms with Crippen LogP contribution in [0.2, 0.25) is 0 Å². The molecule has 1 fully saturated rings. The van der Waals surface area contributed by atoms with Gasteiger partial charge in [-0.1, -0.05) is 25.0 Å². The highest BCUT2D eigenvalue weighted by atomic mass is 16.5. The molecule has 0 aromatic carbocycles. The van der Waals surface area contributed by atoms with Crippen LogP contribution in [-0.2, 0) is 4.74 Å². The van der Waals surface area contributed by atoms with Crippen molar-refractivity contribution in [2.45, 2.75) is 19.8 Å². The van der Waals surface area contributed by atoms with E-state index in [2.05, 4.69) is 29.0 Å². The second kappa shape index (κ2) is 5.58. The Morgan fingerprint density at radius 1 is 1.15 bits per heavy atom. The van der Waals surface area contributed by atoms with E-state index in [-0.39, 0.29) is 0 Å². The molecule has 6 nitrogen and oxygen atoms in total. The molecule has 106 valence electrons. The molecule has 0 saturated carbocycles. The number of pyridine rings is 1. The molecule has 3 rings (SSSR count). The Kier molecular flexibility index (Phi) is 3.64. The quantitative estimate of drug-likeness (QED) is 0.854. The zero-order chi connectivity index (χ0) is 13.9. The standard InChI is InChI=1S/C14H18N4O2/c1-10(2)11-3-4-12(15-9-11)13-16-17-14(20-13)18-5-7-19-8-6-18/h3-4,9-10H,5-8H2,1-2H3. The Bertz CT molecular complexity index is 559. The fourth-order valence-electron chi connectivity index (χ4n) is 2.07. The number of rotatable bonds is 3. The second-order valence-electron chi connectivity index (χ2n) is 5.12. The Morgan fingerprint density at radius 3 is 2.60 bits per heavy atom. The van der Waals surface area contributed by atoms with Crippen LogP contribution in [0.25, 0.3) is 11.6 Å². The molecule has 0 N–H and O–H groups in total. The molecule has 20 heavy (non-hydrogen) atoms. The van der Waals surface area contributed by atoms with Crippen molar-refractivity contribution in [1.29, 1.82) is 0 Å². The van der Waals surface area contributed by atoms with E-state index < -0.39 is 0 Å². The van der Waals surface area contributed by atoms with Gasteiger partial charge in [0, 0.05) is 19.3 Å². The largest absolute Gasteiger partial charge is 0.402 e.